The Bertz CT molecular complexity index is 980. The number of aryl methyl sites for hydroxylation is 1. The first-order valence-electron chi connectivity index (χ1n) is 9.18. The number of fused-ring (bicyclic) bond motifs is 1. The molecule has 5 nitrogen and oxygen atoms in total. The number of benzene rings is 1. The van der Waals surface area contributed by atoms with Crippen molar-refractivity contribution in [1.82, 2.24) is 15.3 Å². The molecule has 27 heavy (non-hydrogen) atoms. The molecule has 0 aliphatic heterocycles. The Labute approximate surface area is 161 Å². The van der Waals surface area contributed by atoms with Crippen LogP contribution < -0.4 is 10.9 Å². The molecule has 1 aromatic carbocycles. The van der Waals surface area contributed by atoms with Gasteiger partial charge in [-0.3, -0.25) is 9.59 Å². The largest absolute Gasteiger partial charge is 0.352 e. The van der Waals surface area contributed by atoms with Gasteiger partial charge in [-0.1, -0.05) is 30.3 Å². The molecule has 1 atom stereocenters. The molecule has 0 fully saturated rings. The average molecular weight is 379 g/mol. The van der Waals surface area contributed by atoms with Crippen LogP contribution in [0.1, 0.15) is 34.5 Å². The number of H-pyrrole nitrogens is 1. The summed E-state index contributed by atoms with van der Waals surface area (Å²) in [5.74, 6) is 0.949. The van der Waals surface area contributed by atoms with Crippen LogP contribution in [0.25, 0.3) is 11.4 Å². The second kappa shape index (κ2) is 7.88. The second-order valence-electron chi connectivity index (χ2n) is 6.87. The van der Waals surface area contributed by atoms with Gasteiger partial charge in [0.2, 0.25) is 0 Å². The molecule has 1 aliphatic carbocycles. The summed E-state index contributed by atoms with van der Waals surface area (Å²) in [5.41, 5.74) is 3.27. The van der Waals surface area contributed by atoms with E-state index < -0.39 is 0 Å². The molecule has 2 aromatic heterocycles. The summed E-state index contributed by atoms with van der Waals surface area (Å²) in [6.45, 7) is 0.631. The van der Waals surface area contributed by atoms with E-state index >= 15 is 0 Å². The number of carbonyl (C=O) groups excluding carboxylic acids is 1. The van der Waals surface area contributed by atoms with Crippen LogP contribution in [-0.4, -0.2) is 22.4 Å². The molecular formula is C21H21N3O2S. The molecule has 2 heterocycles. The second-order valence-corrected chi connectivity index (χ2v) is 7.65. The highest BCUT2D eigenvalue weighted by Crippen LogP contribution is 2.23. The van der Waals surface area contributed by atoms with Gasteiger partial charge in [0.25, 0.3) is 11.5 Å². The molecule has 4 rings (SSSR count). The number of rotatable bonds is 4. The number of aromatic amines is 1. The zero-order valence-electron chi connectivity index (χ0n) is 14.9. The van der Waals surface area contributed by atoms with Crippen LogP contribution in [0.4, 0.5) is 0 Å². The minimum Gasteiger partial charge on any atom is -0.352 e. The summed E-state index contributed by atoms with van der Waals surface area (Å²) in [5, 5.41) is 6.78. The lowest BCUT2D eigenvalue weighted by Gasteiger charge is -2.14. The maximum Gasteiger partial charge on any atom is 0.254 e. The minimum atomic E-state index is -0.0400. The van der Waals surface area contributed by atoms with E-state index in [1.165, 1.54) is 11.3 Å². The molecule has 3 aromatic rings. The summed E-state index contributed by atoms with van der Waals surface area (Å²) < 4.78 is 0. The van der Waals surface area contributed by atoms with Crippen LogP contribution in [0.3, 0.4) is 0 Å². The molecule has 0 radical (unpaired) electrons. The van der Waals surface area contributed by atoms with Crippen LogP contribution in [-0.2, 0) is 12.8 Å². The Morgan fingerprint density at radius 1 is 1.19 bits per heavy atom. The summed E-state index contributed by atoms with van der Waals surface area (Å²) in [7, 11) is 0. The zero-order chi connectivity index (χ0) is 18.6. The number of nitrogens with zero attached hydrogens (tertiary/aromatic N) is 1. The van der Waals surface area contributed by atoms with Crippen molar-refractivity contribution in [3.8, 4) is 11.4 Å². The van der Waals surface area contributed by atoms with E-state index in [0.717, 1.165) is 36.1 Å². The Morgan fingerprint density at radius 2 is 2.00 bits per heavy atom. The van der Waals surface area contributed by atoms with Crippen molar-refractivity contribution < 1.29 is 4.79 Å². The van der Waals surface area contributed by atoms with Crippen molar-refractivity contribution in [2.75, 3.05) is 6.54 Å². The third kappa shape index (κ3) is 4.01. The summed E-state index contributed by atoms with van der Waals surface area (Å²) >= 11 is 1.52. The van der Waals surface area contributed by atoms with Crippen LogP contribution >= 0.6 is 11.3 Å². The van der Waals surface area contributed by atoms with Gasteiger partial charge in [-0.25, -0.2) is 4.98 Å². The van der Waals surface area contributed by atoms with Crippen molar-refractivity contribution in [1.29, 1.82) is 0 Å². The first kappa shape index (κ1) is 17.7. The van der Waals surface area contributed by atoms with E-state index in [4.69, 9.17) is 4.98 Å². The van der Waals surface area contributed by atoms with Crippen LogP contribution in [0.2, 0.25) is 0 Å². The lowest BCUT2D eigenvalue weighted by Crippen LogP contribution is -2.29. The van der Waals surface area contributed by atoms with Gasteiger partial charge in [-0.2, -0.15) is 11.3 Å². The van der Waals surface area contributed by atoms with E-state index in [1.54, 1.807) is 0 Å². The number of hydrogen-bond acceptors (Lipinski definition) is 4. The smallest absolute Gasteiger partial charge is 0.254 e. The topological polar surface area (TPSA) is 74.8 Å². The van der Waals surface area contributed by atoms with Crippen molar-refractivity contribution in [2.45, 2.75) is 25.7 Å². The predicted octanol–water partition coefficient (Wildman–Crippen LogP) is 3.42. The Morgan fingerprint density at radius 3 is 2.78 bits per heavy atom. The Kier molecular flexibility index (Phi) is 5.16. The molecule has 6 heteroatoms. The zero-order valence-corrected chi connectivity index (χ0v) is 15.7. The third-order valence-electron chi connectivity index (χ3n) is 5.07. The monoisotopic (exact) mass is 379 g/mol. The van der Waals surface area contributed by atoms with Gasteiger partial charge in [0.15, 0.2) is 0 Å². The number of amides is 1. The molecule has 0 saturated heterocycles. The number of carbonyl (C=O) groups is 1. The van der Waals surface area contributed by atoms with E-state index in [9.17, 15) is 9.59 Å². The van der Waals surface area contributed by atoms with Crippen molar-refractivity contribution in [2.24, 2.45) is 5.92 Å². The van der Waals surface area contributed by atoms with Gasteiger partial charge < -0.3 is 10.3 Å². The lowest BCUT2D eigenvalue weighted by molar-refractivity contribution is 0.0946. The van der Waals surface area contributed by atoms with E-state index in [2.05, 4.69) is 10.3 Å². The lowest BCUT2D eigenvalue weighted by atomic mass is 10.00. The molecule has 1 amide bonds. The Balaban J connectivity index is 1.46. The van der Waals surface area contributed by atoms with Gasteiger partial charge in [0.05, 0.1) is 5.69 Å². The first-order valence-corrected chi connectivity index (χ1v) is 10.1. The van der Waals surface area contributed by atoms with Crippen LogP contribution in [0.15, 0.2) is 52.0 Å². The van der Waals surface area contributed by atoms with E-state index in [-0.39, 0.29) is 11.5 Å². The molecular weight excluding hydrogens is 358 g/mol. The van der Waals surface area contributed by atoms with Crippen molar-refractivity contribution >= 4 is 17.2 Å². The molecule has 0 saturated carbocycles. The fraction of sp³-hybridized carbons (Fsp3) is 0.286. The highest BCUT2D eigenvalue weighted by Gasteiger charge is 2.21. The molecule has 0 spiro atoms. The molecule has 0 bridgehead atoms. The van der Waals surface area contributed by atoms with Gasteiger partial charge in [0.1, 0.15) is 5.82 Å². The summed E-state index contributed by atoms with van der Waals surface area (Å²) in [6, 6.07) is 11.5. The van der Waals surface area contributed by atoms with Crippen LogP contribution in [0, 0.1) is 5.92 Å². The molecule has 2 N–H and O–H groups in total. The molecule has 1 aliphatic rings. The van der Waals surface area contributed by atoms with E-state index in [1.807, 2.05) is 47.2 Å². The third-order valence-corrected chi connectivity index (χ3v) is 5.76. The van der Waals surface area contributed by atoms with Gasteiger partial charge in [-0.05, 0) is 43.0 Å². The van der Waals surface area contributed by atoms with Crippen molar-refractivity contribution in [3.63, 3.8) is 0 Å². The molecule has 1 unspecified atom stereocenters. The van der Waals surface area contributed by atoms with E-state index in [0.29, 0.717) is 30.3 Å². The fourth-order valence-electron chi connectivity index (χ4n) is 3.51. The standard InChI is InChI=1S/C21H21N3O2S/c25-20(16-10-11-27-13-16)22-12-14-6-8-17-18(9-7-14)23-19(24-21(17)26)15-4-2-1-3-5-15/h1-5,10-11,13-14H,6-9,12H2,(H,22,25)(H,23,24,26). The number of thiophene rings is 1. The highest BCUT2D eigenvalue weighted by atomic mass is 32.1. The number of aromatic nitrogens is 2. The number of hydrogen-bond donors (Lipinski definition) is 2. The summed E-state index contributed by atoms with van der Waals surface area (Å²) in [4.78, 5) is 32.4. The minimum absolute atomic E-state index is 0.0275. The average Bonchev–Trinajstić information content (AvgIpc) is 3.15. The quantitative estimate of drug-likeness (QED) is 0.682. The first-order chi connectivity index (χ1) is 13.2. The van der Waals surface area contributed by atoms with Crippen LogP contribution in [0.5, 0.6) is 0 Å². The van der Waals surface area contributed by atoms with Crippen molar-refractivity contribution in [3.05, 3.63) is 74.3 Å². The number of nitrogens with one attached hydrogen (secondary N) is 2. The Hall–Kier alpha value is -2.73. The molecule has 138 valence electrons. The van der Waals surface area contributed by atoms with Gasteiger partial charge >= 0.3 is 0 Å². The predicted molar refractivity (Wildman–Crippen MR) is 107 cm³/mol. The normalized spacial score (nSPS) is 16.4. The summed E-state index contributed by atoms with van der Waals surface area (Å²) in [6.07, 6.45) is 3.26. The fourth-order valence-corrected chi connectivity index (χ4v) is 4.15. The van der Waals surface area contributed by atoms with Gasteiger partial charge in [0, 0.05) is 28.6 Å². The van der Waals surface area contributed by atoms with Gasteiger partial charge in [-0.15, -0.1) is 0 Å². The maximum absolute atomic E-state index is 12.6. The highest BCUT2D eigenvalue weighted by molar-refractivity contribution is 7.08. The maximum atomic E-state index is 12.6. The SMILES string of the molecule is O=C(NCC1CCc2nc(-c3ccccc3)[nH]c(=O)c2CC1)c1ccsc1.